The van der Waals surface area contributed by atoms with Crippen LogP contribution in [0.4, 0.5) is 0 Å². The number of carbonyl (C=O) groups excluding carboxylic acids is 2. The van der Waals surface area contributed by atoms with Crippen LogP contribution in [0, 0.1) is 10.8 Å². The average Bonchev–Trinajstić information content (AvgIpc) is 2.66. The van der Waals surface area contributed by atoms with Gasteiger partial charge in [0.25, 0.3) is 0 Å². The van der Waals surface area contributed by atoms with Crippen LogP contribution in [0.5, 0.6) is 0 Å². The highest BCUT2D eigenvalue weighted by Crippen LogP contribution is 2.26. The van der Waals surface area contributed by atoms with Crippen molar-refractivity contribution < 1.29 is 29.4 Å². The molecule has 1 aromatic carbocycles. The molecule has 0 radical (unpaired) electrons. The summed E-state index contributed by atoms with van der Waals surface area (Å²) in [6, 6.07) is 8.52. The molecule has 2 atom stereocenters. The van der Waals surface area contributed by atoms with Crippen molar-refractivity contribution in [3.63, 3.8) is 0 Å². The van der Waals surface area contributed by atoms with Gasteiger partial charge in [-0.25, -0.2) is 0 Å². The first-order chi connectivity index (χ1) is 12.0. The Morgan fingerprint density at radius 2 is 1.23 bits per heavy atom. The van der Waals surface area contributed by atoms with Crippen molar-refractivity contribution in [3.8, 4) is 0 Å². The van der Waals surface area contributed by atoms with Crippen molar-refractivity contribution in [2.75, 3.05) is 0 Å². The fourth-order valence-electron chi connectivity index (χ4n) is 2.17. The number of benzene rings is 1. The van der Waals surface area contributed by atoms with Gasteiger partial charge in [0.15, 0.2) is 5.78 Å². The van der Waals surface area contributed by atoms with Crippen molar-refractivity contribution in [1.82, 2.24) is 0 Å². The van der Waals surface area contributed by atoms with Crippen molar-refractivity contribution in [3.05, 3.63) is 35.9 Å². The lowest BCUT2D eigenvalue weighted by Gasteiger charge is -2.21. The monoisotopic (exact) mass is 364 g/mol. The van der Waals surface area contributed by atoms with E-state index in [9.17, 15) is 19.2 Å². The summed E-state index contributed by atoms with van der Waals surface area (Å²) in [6.07, 6.45) is 0.932. The summed E-state index contributed by atoms with van der Waals surface area (Å²) in [5, 5.41) is 17.8. The minimum atomic E-state index is -1.32. The number of hydrogen-bond acceptors (Lipinski definition) is 4. The van der Waals surface area contributed by atoms with E-state index in [1.807, 2.05) is 0 Å². The first kappa shape index (κ1) is 23.5. The SMILES string of the molecule is CCC(=O)C(C)(CC)C(=O)O.CCC(C)(C(=O)O)C(=O)c1ccccc1. The van der Waals surface area contributed by atoms with Crippen LogP contribution in [0.3, 0.4) is 0 Å². The lowest BCUT2D eigenvalue weighted by atomic mass is 9.80. The zero-order chi connectivity index (χ0) is 20.5. The van der Waals surface area contributed by atoms with Gasteiger partial charge in [-0.05, 0) is 26.7 Å². The summed E-state index contributed by atoms with van der Waals surface area (Å²) < 4.78 is 0. The zero-order valence-electron chi connectivity index (χ0n) is 16.0. The molecule has 26 heavy (non-hydrogen) atoms. The molecule has 0 aliphatic heterocycles. The highest BCUT2D eigenvalue weighted by Gasteiger charge is 2.39. The Labute approximate surface area is 154 Å². The van der Waals surface area contributed by atoms with E-state index in [0.717, 1.165) is 0 Å². The van der Waals surface area contributed by atoms with Crippen molar-refractivity contribution in [2.24, 2.45) is 10.8 Å². The van der Waals surface area contributed by atoms with Gasteiger partial charge in [0.05, 0.1) is 0 Å². The van der Waals surface area contributed by atoms with Crippen molar-refractivity contribution in [1.29, 1.82) is 0 Å². The summed E-state index contributed by atoms with van der Waals surface area (Å²) in [5.41, 5.74) is -2.04. The van der Waals surface area contributed by atoms with E-state index in [2.05, 4.69) is 0 Å². The molecule has 2 unspecified atom stereocenters. The highest BCUT2D eigenvalue weighted by atomic mass is 16.4. The van der Waals surface area contributed by atoms with Crippen LogP contribution in [0.25, 0.3) is 0 Å². The Morgan fingerprint density at radius 3 is 1.50 bits per heavy atom. The van der Waals surface area contributed by atoms with E-state index in [1.54, 1.807) is 51.1 Å². The molecular formula is C20H28O6. The third kappa shape index (κ3) is 5.25. The molecule has 0 spiro atoms. The summed E-state index contributed by atoms with van der Waals surface area (Å²) in [7, 11) is 0. The quantitative estimate of drug-likeness (QED) is 0.536. The van der Waals surface area contributed by atoms with E-state index < -0.39 is 22.8 Å². The maximum atomic E-state index is 12.0. The number of Topliss-reactive ketones (excluding diaryl/α,β-unsaturated/α-hetero) is 2. The van der Waals surface area contributed by atoms with Gasteiger partial charge in [0.1, 0.15) is 16.6 Å². The van der Waals surface area contributed by atoms with Gasteiger partial charge in [-0.15, -0.1) is 0 Å². The highest BCUT2D eigenvalue weighted by molar-refractivity contribution is 6.11. The lowest BCUT2D eigenvalue weighted by molar-refractivity contribution is -0.154. The molecule has 0 heterocycles. The second-order valence-electron chi connectivity index (χ2n) is 6.45. The average molecular weight is 364 g/mol. The van der Waals surface area contributed by atoms with E-state index in [1.165, 1.54) is 13.8 Å². The summed E-state index contributed by atoms with van der Waals surface area (Å²) >= 11 is 0. The van der Waals surface area contributed by atoms with Gasteiger partial charge < -0.3 is 10.2 Å². The maximum Gasteiger partial charge on any atom is 0.317 e. The van der Waals surface area contributed by atoms with Crippen LogP contribution in [0.1, 0.15) is 64.2 Å². The Morgan fingerprint density at radius 1 is 0.808 bits per heavy atom. The van der Waals surface area contributed by atoms with Crippen LogP contribution in [-0.4, -0.2) is 33.7 Å². The summed E-state index contributed by atoms with van der Waals surface area (Å²) in [4.78, 5) is 44.8. The van der Waals surface area contributed by atoms with E-state index in [0.29, 0.717) is 12.0 Å². The fraction of sp³-hybridized carbons (Fsp3) is 0.500. The van der Waals surface area contributed by atoms with Crippen molar-refractivity contribution in [2.45, 2.75) is 53.9 Å². The lowest BCUT2D eigenvalue weighted by Crippen LogP contribution is -2.35. The van der Waals surface area contributed by atoms with Gasteiger partial charge >= 0.3 is 11.9 Å². The summed E-state index contributed by atoms with van der Waals surface area (Å²) in [5.74, 6) is -2.63. The number of aliphatic carboxylic acids is 2. The molecule has 0 saturated heterocycles. The van der Waals surface area contributed by atoms with Crippen LogP contribution < -0.4 is 0 Å². The van der Waals surface area contributed by atoms with Gasteiger partial charge in [0.2, 0.25) is 0 Å². The third-order valence-corrected chi connectivity index (χ3v) is 4.83. The largest absolute Gasteiger partial charge is 0.481 e. The maximum absolute atomic E-state index is 12.0. The van der Waals surface area contributed by atoms with Gasteiger partial charge in [0, 0.05) is 12.0 Å². The number of ketones is 2. The molecular weight excluding hydrogens is 336 g/mol. The molecule has 0 aliphatic rings. The zero-order valence-corrected chi connectivity index (χ0v) is 16.0. The van der Waals surface area contributed by atoms with Gasteiger partial charge in [-0.1, -0.05) is 51.1 Å². The molecule has 1 aromatic rings. The molecule has 0 aromatic heterocycles. The van der Waals surface area contributed by atoms with E-state index in [-0.39, 0.29) is 24.4 Å². The predicted octanol–water partition coefficient (Wildman–Crippen LogP) is 3.84. The number of hydrogen-bond donors (Lipinski definition) is 2. The standard InChI is InChI=1S/C12H14O3.C8H14O3/c1-3-12(2,11(14)15)10(13)9-7-5-4-6-8-9;1-4-6(9)8(3,5-2)7(10)11/h4-8H,3H2,1-2H3,(H,14,15);4-5H2,1-3H3,(H,10,11). The first-order valence-corrected chi connectivity index (χ1v) is 8.61. The third-order valence-electron chi connectivity index (χ3n) is 4.83. The van der Waals surface area contributed by atoms with Crippen LogP contribution >= 0.6 is 0 Å². The number of carboxylic acid groups (broad SMARTS) is 2. The van der Waals surface area contributed by atoms with Gasteiger partial charge in [-0.3, -0.25) is 19.2 Å². The molecule has 0 amide bonds. The molecule has 1 rings (SSSR count). The number of carbonyl (C=O) groups is 4. The topological polar surface area (TPSA) is 109 Å². The van der Waals surface area contributed by atoms with E-state index >= 15 is 0 Å². The normalized spacial score (nSPS) is 14.8. The fourth-order valence-corrected chi connectivity index (χ4v) is 2.17. The first-order valence-electron chi connectivity index (χ1n) is 8.61. The predicted molar refractivity (Wildman–Crippen MR) is 98.1 cm³/mol. The molecule has 0 fully saturated rings. The summed E-state index contributed by atoms with van der Waals surface area (Å²) in [6.45, 7) is 8.03. The molecule has 144 valence electrons. The van der Waals surface area contributed by atoms with Crippen LogP contribution in [0.15, 0.2) is 30.3 Å². The number of carboxylic acids is 2. The second kappa shape index (κ2) is 9.85. The Hall–Kier alpha value is -2.50. The Kier molecular flexibility index (Phi) is 8.90. The molecule has 2 N–H and O–H groups in total. The number of rotatable bonds is 8. The Bertz CT molecular complexity index is 652. The molecule has 6 nitrogen and oxygen atoms in total. The van der Waals surface area contributed by atoms with Crippen LogP contribution in [0.2, 0.25) is 0 Å². The van der Waals surface area contributed by atoms with E-state index in [4.69, 9.17) is 10.2 Å². The van der Waals surface area contributed by atoms with Crippen LogP contribution in [-0.2, 0) is 14.4 Å². The minimum Gasteiger partial charge on any atom is -0.481 e. The Balaban J connectivity index is 0.000000508. The molecule has 0 bridgehead atoms. The molecule has 0 aliphatic carbocycles. The second-order valence-corrected chi connectivity index (χ2v) is 6.45. The smallest absolute Gasteiger partial charge is 0.317 e. The molecule has 6 heteroatoms. The minimum absolute atomic E-state index is 0.201. The van der Waals surface area contributed by atoms with Crippen molar-refractivity contribution >= 4 is 23.5 Å². The molecule has 0 saturated carbocycles. The van der Waals surface area contributed by atoms with Gasteiger partial charge in [-0.2, -0.15) is 0 Å².